The highest BCUT2D eigenvalue weighted by Gasteiger charge is 2.15. The summed E-state index contributed by atoms with van der Waals surface area (Å²) >= 11 is 0. The second kappa shape index (κ2) is 12.3. The van der Waals surface area contributed by atoms with E-state index in [2.05, 4.69) is 17.6 Å². The zero-order valence-electron chi connectivity index (χ0n) is 16.4. The average Bonchev–Trinajstić information content (AvgIpc) is 2.68. The minimum atomic E-state index is -0.339. The van der Waals surface area contributed by atoms with Crippen LogP contribution in [0.15, 0.2) is 48.5 Å². The van der Waals surface area contributed by atoms with Crippen molar-refractivity contribution in [3.05, 3.63) is 65.5 Å². The van der Waals surface area contributed by atoms with Crippen LogP contribution in [0.2, 0.25) is 0 Å². The third-order valence-electron chi connectivity index (χ3n) is 4.30. The van der Waals surface area contributed by atoms with Gasteiger partial charge in [-0.15, -0.1) is 12.4 Å². The van der Waals surface area contributed by atoms with Crippen LogP contribution in [0.3, 0.4) is 0 Å². The minimum absolute atomic E-state index is 0. The lowest BCUT2D eigenvalue weighted by Gasteiger charge is -2.20. The van der Waals surface area contributed by atoms with Gasteiger partial charge in [-0.1, -0.05) is 30.3 Å². The molecule has 0 aliphatic carbocycles. The Morgan fingerprint density at radius 1 is 1.14 bits per heavy atom. The number of hydrogen-bond donors (Lipinski definition) is 2. The number of ether oxygens (including phenoxy) is 2. The monoisotopic (exact) mass is 410 g/mol. The van der Waals surface area contributed by atoms with Crippen molar-refractivity contribution in [2.45, 2.75) is 25.5 Å². The van der Waals surface area contributed by atoms with Crippen LogP contribution in [-0.4, -0.2) is 39.3 Å². The van der Waals surface area contributed by atoms with E-state index in [9.17, 15) is 9.18 Å². The maximum Gasteiger partial charge on any atom is 0.257 e. The summed E-state index contributed by atoms with van der Waals surface area (Å²) in [7, 11) is 3.16. The predicted molar refractivity (Wildman–Crippen MR) is 111 cm³/mol. The van der Waals surface area contributed by atoms with Crippen molar-refractivity contribution in [2.75, 3.05) is 27.3 Å². The van der Waals surface area contributed by atoms with Crippen molar-refractivity contribution in [3.63, 3.8) is 0 Å². The lowest BCUT2D eigenvalue weighted by Crippen LogP contribution is -2.32. The van der Waals surface area contributed by atoms with Gasteiger partial charge in [0.25, 0.3) is 5.91 Å². The van der Waals surface area contributed by atoms with E-state index >= 15 is 0 Å². The van der Waals surface area contributed by atoms with Crippen molar-refractivity contribution in [2.24, 2.45) is 0 Å². The number of benzene rings is 2. The molecule has 5 nitrogen and oxygen atoms in total. The molecule has 154 valence electrons. The SMILES string of the molecule is CNC(=O)COc1ccc(CC(C)NCC(OC)c2ccccc2F)cc1.Cl. The minimum Gasteiger partial charge on any atom is -0.484 e. The molecule has 2 unspecified atom stereocenters. The van der Waals surface area contributed by atoms with Gasteiger partial charge in [0.1, 0.15) is 11.6 Å². The Bertz CT molecular complexity index is 728. The van der Waals surface area contributed by atoms with Crippen molar-refractivity contribution in [3.8, 4) is 5.75 Å². The van der Waals surface area contributed by atoms with Crippen molar-refractivity contribution in [1.29, 1.82) is 0 Å². The molecule has 2 N–H and O–H groups in total. The smallest absolute Gasteiger partial charge is 0.257 e. The second-order valence-electron chi connectivity index (χ2n) is 6.37. The Kier molecular flexibility index (Phi) is 10.5. The molecule has 0 radical (unpaired) electrons. The van der Waals surface area contributed by atoms with Crippen LogP contribution in [0.4, 0.5) is 4.39 Å². The third kappa shape index (κ3) is 7.46. The summed E-state index contributed by atoms with van der Waals surface area (Å²) in [5, 5.41) is 5.90. The van der Waals surface area contributed by atoms with Gasteiger partial charge in [-0.2, -0.15) is 0 Å². The molecule has 2 aromatic rings. The molecular weight excluding hydrogens is 383 g/mol. The van der Waals surface area contributed by atoms with E-state index in [1.54, 1.807) is 26.3 Å². The van der Waals surface area contributed by atoms with Gasteiger partial charge in [0.2, 0.25) is 0 Å². The lowest BCUT2D eigenvalue weighted by atomic mass is 10.1. The van der Waals surface area contributed by atoms with Crippen LogP contribution in [0, 0.1) is 5.82 Å². The van der Waals surface area contributed by atoms with Crippen LogP contribution < -0.4 is 15.4 Å². The normalized spacial score (nSPS) is 12.6. The molecule has 0 aliphatic heterocycles. The maximum absolute atomic E-state index is 13.9. The van der Waals surface area contributed by atoms with Gasteiger partial charge < -0.3 is 20.1 Å². The molecule has 0 aliphatic rings. The molecule has 0 spiro atoms. The van der Waals surface area contributed by atoms with E-state index < -0.39 is 0 Å². The second-order valence-corrected chi connectivity index (χ2v) is 6.37. The summed E-state index contributed by atoms with van der Waals surface area (Å²) in [4.78, 5) is 11.2. The summed E-state index contributed by atoms with van der Waals surface area (Å²) < 4.78 is 24.8. The molecule has 1 amide bonds. The van der Waals surface area contributed by atoms with E-state index in [-0.39, 0.29) is 42.9 Å². The third-order valence-corrected chi connectivity index (χ3v) is 4.30. The number of rotatable bonds is 10. The fourth-order valence-corrected chi connectivity index (χ4v) is 2.73. The van der Waals surface area contributed by atoms with Gasteiger partial charge in [-0.05, 0) is 37.1 Å². The summed E-state index contributed by atoms with van der Waals surface area (Å²) in [6.07, 6.45) is 0.470. The van der Waals surface area contributed by atoms with Crippen molar-refractivity contribution in [1.82, 2.24) is 10.6 Å². The summed E-state index contributed by atoms with van der Waals surface area (Å²) in [5.41, 5.74) is 1.69. The molecule has 0 aromatic heterocycles. The fraction of sp³-hybridized carbons (Fsp3) is 0.381. The maximum atomic E-state index is 13.9. The molecule has 7 heteroatoms. The molecule has 0 saturated heterocycles. The number of likely N-dealkylation sites (N-methyl/N-ethyl adjacent to an activating group) is 1. The Hall–Kier alpha value is -2.15. The van der Waals surface area contributed by atoms with Gasteiger partial charge in [-0.25, -0.2) is 4.39 Å². The number of carbonyl (C=O) groups is 1. The molecule has 2 rings (SSSR count). The number of halogens is 2. The van der Waals surface area contributed by atoms with E-state index in [1.165, 1.54) is 6.07 Å². The summed E-state index contributed by atoms with van der Waals surface area (Å²) in [6, 6.07) is 14.5. The highest BCUT2D eigenvalue weighted by atomic mass is 35.5. The number of methoxy groups -OCH3 is 1. The van der Waals surface area contributed by atoms with Gasteiger partial charge in [0.05, 0.1) is 6.10 Å². The van der Waals surface area contributed by atoms with Crippen molar-refractivity contribution >= 4 is 18.3 Å². The van der Waals surface area contributed by atoms with Crippen LogP contribution in [0.25, 0.3) is 0 Å². The van der Waals surface area contributed by atoms with Crippen LogP contribution >= 0.6 is 12.4 Å². The van der Waals surface area contributed by atoms with E-state index in [1.807, 2.05) is 30.3 Å². The van der Waals surface area contributed by atoms with Crippen LogP contribution in [-0.2, 0) is 16.0 Å². The fourth-order valence-electron chi connectivity index (χ4n) is 2.73. The zero-order valence-corrected chi connectivity index (χ0v) is 17.2. The van der Waals surface area contributed by atoms with E-state index in [0.29, 0.717) is 17.9 Å². The topological polar surface area (TPSA) is 59.6 Å². The van der Waals surface area contributed by atoms with Crippen LogP contribution in [0.1, 0.15) is 24.2 Å². The first-order valence-electron chi connectivity index (χ1n) is 8.96. The molecule has 2 aromatic carbocycles. The molecule has 2 atom stereocenters. The van der Waals surface area contributed by atoms with Gasteiger partial charge in [0.15, 0.2) is 6.61 Å². The van der Waals surface area contributed by atoms with Gasteiger partial charge >= 0.3 is 0 Å². The summed E-state index contributed by atoms with van der Waals surface area (Å²) in [5.74, 6) is 0.229. The highest BCUT2D eigenvalue weighted by Crippen LogP contribution is 2.19. The molecule has 0 fully saturated rings. The largest absolute Gasteiger partial charge is 0.484 e. The Labute approximate surface area is 172 Å². The van der Waals surface area contributed by atoms with E-state index in [0.717, 1.165) is 12.0 Å². The Morgan fingerprint density at radius 3 is 2.43 bits per heavy atom. The van der Waals surface area contributed by atoms with Crippen LogP contribution in [0.5, 0.6) is 5.75 Å². The Balaban J connectivity index is 0.00000392. The molecular formula is C21H28ClFN2O3. The molecule has 28 heavy (non-hydrogen) atoms. The standard InChI is InChI=1S/C21H27FN2O3.ClH/c1-15(24-13-20(26-3)18-6-4-5-7-19(18)22)12-16-8-10-17(11-9-16)27-14-21(25)23-2;/h4-11,15,20,24H,12-14H2,1-3H3,(H,23,25);1H. The summed E-state index contributed by atoms with van der Waals surface area (Å²) in [6.45, 7) is 2.60. The number of hydrogen-bond acceptors (Lipinski definition) is 4. The first-order chi connectivity index (χ1) is 13.0. The number of carbonyl (C=O) groups excluding carboxylic acids is 1. The lowest BCUT2D eigenvalue weighted by molar-refractivity contribution is -0.122. The first kappa shape index (κ1) is 23.9. The quantitative estimate of drug-likeness (QED) is 0.631. The highest BCUT2D eigenvalue weighted by molar-refractivity contribution is 5.85. The molecule has 0 bridgehead atoms. The van der Waals surface area contributed by atoms with Gasteiger partial charge in [-0.3, -0.25) is 4.79 Å². The molecule has 0 heterocycles. The van der Waals surface area contributed by atoms with Gasteiger partial charge in [0, 0.05) is 32.3 Å². The number of amides is 1. The van der Waals surface area contributed by atoms with E-state index in [4.69, 9.17) is 9.47 Å². The predicted octanol–water partition coefficient (Wildman–Crippen LogP) is 3.28. The van der Waals surface area contributed by atoms with Crippen molar-refractivity contribution < 1.29 is 18.7 Å². The molecule has 0 saturated carbocycles. The average molecular weight is 411 g/mol. The Morgan fingerprint density at radius 2 is 1.82 bits per heavy atom. The zero-order chi connectivity index (χ0) is 19.6. The number of nitrogens with one attached hydrogen (secondary N) is 2. The first-order valence-corrected chi connectivity index (χ1v) is 8.96.